The number of amides is 1. The number of hydrogen-bond acceptors (Lipinski definition) is 3. The summed E-state index contributed by atoms with van der Waals surface area (Å²) >= 11 is 0. The van der Waals surface area contributed by atoms with Gasteiger partial charge in [-0.2, -0.15) is 13.2 Å². The van der Waals surface area contributed by atoms with E-state index >= 15 is 0 Å². The summed E-state index contributed by atoms with van der Waals surface area (Å²) < 4.78 is 40.6. The quantitative estimate of drug-likeness (QED) is 0.579. The maximum atomic E-state index is 13.5. The summed E-state index contributed by atoms with van der Waals surface area (Å²) in [4.78, 5) is 21.4. The number of rotatable bonds is 3. The molecule has 4 unspecified atom stereocenters. The van der Waals surface area contributed by atoms with Crippen molar-refractivity contribution in [1.82, 2.24) is 14.8 Å². The smallest absolute Gasteiger partial charge is 0.376 e. The van der Waals surface area contributed by atoms with Gasteiger partial charge in [-0.15, -0.1) is 0 Å². The van der Waals surface area contributed by atoms with E-state index in [0.717, 1.165) is 36.6 Å². The van der Waals surface area contributed by atoms with Crippen LogP contribution >= 0.6 is 0 Å². The first kappa shape index (κ1) is 23.6. The zero-order chi connectivity index (χ0) is 23.9. The van der Waals surface area contributed by atoms with E-state index in [1.807, 2.05) is 11.9 Å². The minimum atomic E-state index is -4.46. The summed E-state index contributed by atoms with van der Waals surface area (Å²) in [5, 5.41) is 0.527. The molecule has 4 atom stereocenters. The molecule has 33 heavy (non-hydrogen) atoms. The highest BCUT2D eigenvalue weighted by atomic mass is 19.4. The van der Waals surface area contributed by atoms with Crippen LogP contribution in [0.3, 0.4) is 0 Å². The lowest BCUT2D eigenvalue weighted by Crippen LogP contribution is -2.44. The summed E-state index contributed by atoms with van der Waals surface area (Å²) in [6.07, 6.45) is 0.0599. The fourth-order valence-corrected chi connectivity index (χ4v) is 5.60. The molecular formula is C26H32F3N3O. The molecule has 0 saturated carbocycles. The molecule has 2 fully saturated rings. The van der Waals surface area contributed by atoms with Crippen LogP contribution in [0.5, 0.6) is 0 Å². The second-order valence-electron chi connectivity index (χ2n) is 9.97. The third kappa shape index (κ3) is 4.87. The topological polar surface area (TPSA) is 36.4 Å². The summed E-state index contributed by atoms with van der Waals surface area (Å²) in [5.74, 6) is 0.671. The normalized spacial score (nSPS) is 26.7. The Kier molecular flexibility index (Phi) is 6.43. The van der Waals surface area contributed by atoms with E-state index in [2.05, 4.69) is 30.3 Å². The molecule has 1 amide bonds. The average Bonchev–Trinajstić information content (AvgIpc) is 2.75. The Labute approximate surface area is 193 Å². The highest BCUT2D eigenvalue weighted by molar-refractivity contribution is 5.86. The van der Waals surface area contributed by atoms with Crippen LogP contribution in [0.4, 0.5) is 13.2 Å². The third-order valence-corrected chi connectivity index (χ3v) is 7.38. The van der Waals surface area contributed by atoms with E-state index < -0.39 is 11.7 Å². The molecule has 4 nitrogen and oxygen atoms in total. The number of nitrogens with zero attached hydrogens (tertiary/aromatic N) is 3. The van der Waals surface area contributed by atoms with Crippen LogP contribution in [0.25, 0.3) is 10.9 Å². The maximum absolute atomic E-state index is 13.5. The molecule has 3 heterocycles. The van der Waals surface area contributed by atoms with Crippen LogP contribution in [0, 0.1) is 11.8 Å². The molecule has 7 heteroatoms. The van der Waals surface area contributed by atoms with Gasteiger partial charge in [0.25, 0.3) is 0 Å². The van der Waals surface area contributed by atoms with Crippen molar-refractivity contribution in [2.45, 2.75) is 57.7 Å². The van der Waals surface area contributed by atoms with E-state index in [4.69, 9.17) is 0 Å². The lowest BCUT2D eigenvalue weighted by Gasteiger charge is -2.40. The molecule has 2 aliphatic heterocycles. The first-order valence-electron chi connectivity index (χ1n) is 11.7. The lowest BCUT2D eigenvalue weighted by atomic mass is 9.82. The second kappa shape index (κ2) is 8.99. The Morgan fingerprint density at radius 2 is 1.94 bits per heavy atom. The fraction of sp³-hybridized carbons (Fsp3) is 0.538. The molecule has 0 spiro atoms. The van der Waals surface area contributed by atoms with E-state index in [0.29, 0.717) is 30.9 Å². The zero-order valence-corrected chi connectivity index (χ0v) is 19.5. The van der Waals surface area contributed by atoms with Crippen LogP contribution in [-0.2, 0) is 11.0 Å². The summed E-state index contributed by atoms with van der Waals surface area (Å²) in [7, 11) is 2.05. The fourth-order valence-electron chi connectivity index (χ4n) is 5.60. The molecule has 1 aromatic carbocycles. The number of piperidine rings is 2. The van der Waals surface area contributed by atoms with Crippen molar-refractivity contribution < 1.29 is 18.0 Å². The molecule has 4 rings (SSSR count). The number of alkyl halides is 3. The Balaban J connectivity index is 1.55. The van der Waals surface area contributed by atoms with Crippen molar-refractivity contribution in [3.05, 3.63) is 53.9 Å². The van der Waals surface area contributed by atoms with Gasteiger partial charge in [-0.05, 0) is 55.7 Å². The van der Waals surface area contributed by atoms with Gasteiger partial charge in [0.2, 0.25) is 5.91 Å². The SMILES string of the molecule is C=C1CC(CC(=O)N2CC(C)CC(c3ccc(C(F)(F)F)c4ncccc34)C2)CC(C)N1C. The van der Waals surface area contributed by atoms with Crippen molar-refractivity contribution >= 4 is 16.8 Å². The minimum absolute atomic E-state index is 0.0157. The molecule has 0 bridgehead atoms. The van der Waals surface area contributed by atoms with Crippen LogP contribution in [-0.4, -0.2) is 46.9 Å². The van der Waals surface area contributed by atoms with E-state index in [-0.39, 0.29) is 29.2 Å². The largest absolute Gasteiger partial charge is 0.418 e. The Morgan fingerprint density at radius 1 is 1.18 bits per heavy atom. The van der Waals surface area contributed by atoms with Gasteiger partial charge in [-0.3, -0.25) is 9.78 Å². The molecule has 178 valence electrons. The van der Waals surface area contributed by atoms with Crippen LogP contribution < -0.4 is 0 Å². The van der Waals surface area contributed by atoms with Gasteiger partial charge in [0.15, 0.2) is 0 Å². The predicted molar refractivity (Wildman–Crippen MR) is 124 cm³/mol. The minimum Gasteiger partial charge on any atom is -0.376 e. The number of likely N-dealkylation sites (tertiary alicyclic amines) is 2. The number of allylic oxidation sites excluding steroid dienone is 1. The van der Waals surface area contributed by atoms with Crippen LogP contribution in [0.1, 0.15) is 56.6 Å². The number of pyridine rings is 1. The predicted octanol–water partition coefficient (Wildman–Crippen LogP) is 5.84. The van der Waals surface area contributed by atoms with E-state index in [9.17, 15) is 18.0 Å². The number of carbonyl (C=O) groups excluding carboxylic acids is 1. The molecule has 0 radical (unpaired) electrons. The van der Waals surface area contributed by atoms with Crippen molar-refractivity contribution in [3.63, 3.8) is 0 Å². The molecular weight excluding hydrogens is 427 g/mol. The van der Waals surface area contributed by atoms with Gasteiger partial charge in [0.05, 0.1) is 11.1 Å². The highest BCUT2D eigenvalue weighted by Gasteiger charge is 2.36. The number of fused-ring (bicyclic) bond motifs is 1. The molecule has 2 saturated heterocycles. The number of halogens is 3. The molecule has 0 aliphatic carbocycles. The molecule has 2 aromatic rings. The van der Waals surface area contributed by atoms with Crippen LogP contribution in [0.2, 0.25) is 0 Å². The number of hydrogen-bond donors (Lipinski definition) is 0. The Bertz CT molecular complexity index is 1050. The van der Waals surface area contributed by atoms with Crippen molar-refractivity contribution in [1.29, 1.82) is 0 Å². The zero-order valence-electron chi connectivity index (χ0n) is 19.5. The first-order chi connectivity index (χ1) is 15.5. The average molecular weight is 460 g/mol. The Hall–Kier alpha value is -2.57. The van der Waals surface area contributed by atoms with E-state index in [1.54, 1.807) is 18.2 Å². The highest BCUT2D eigenvalue weighted by Crippen LogP contribution is 2.40. The summed E-state index contributed by atoms with van der Waals surface area (Å²) in [6.45, 7) is 9.63. The van der Waals surface area contributed by atoms with Gasteiger partial charge in [-0.1, -0.05) is 25.6 Å². The van der Waals surface area contributed by atoms with Gasteiger partial charge in [0, 0.05) is 55.8 Å². The van der Waals surface area contributed by atoms with Crippen molar-refractivity contribution in [2.75, 3.05) is 20.1 Å². The van der Waals surface area contributed by atoms with Gasteiger partial charge in [0.1, 0.15) is 0 Å². The van der Waals surface area contributed by atoms with Crippen molar-refractivity contribution in [3.8, 4) is 0 Å². The maximum Gasteiger partial charge on any atom is 0.418 e. The lowest BCUT2D eigenvalue weighted by molar-refractivity contribution is -0.136. The third-order valence-electron chi connectivity index (χ3n) is 7.38. The number of aromatic nitrogens is 1. The van der Waals surface area contributed by atoms with E-state index in [1.165, 1.54) is 6.20 Å². The summed E-state index contributed by atoms with van der Waals surface area (Å²) in [6, 6.07) is 6.48. The molecule has 2 aliphatic rings. The summed E-state index contributed by atoms with van der Waals surface area (Å²) in [5.41, 5.74) is 1.18. The van der Waals surface area contributed by atoms with Gasteiger partial charge >= 0.3 is 6.18 Å². The standard InChI is InChI=1S/C26H32F3N3O/c1-16-10-20(21-7-8-23(26(27,28)29)25-22(21)6-5-9-30-25)15-32(14-16)24(33)13-19-11-17(2)31(4)18(3)12-19/h5-9,16,18-20H,2,10-15H2,1,3-4H3. The second-order valence-corrected chi connectivity index (χ2v) is 9.97. The van der Waals surface area contributed by atoms with Gasteiger partial charge < -0.3 is 9.80 Å². The molecule has 1 aromatic heterocycles. The molecule has 0 N–H and O–H groups in total. The first-order valence-corrected chi connectivity index (χ1v) is 11.7. The number of benzene rings is 1. The van der Waals surface area contributed by atoms with Crippen molar-refractivity contribution in [2.24, 2.45) is 11.8 Å². The monoisotopic (exact) mass is 459 g/mol. The Morgan fingerprint density at radius 3 is 2.64 bits per heavy atom. The number of carbonyl (C=O) groups is 1. The van der Waals surface area contributed by atoms with Gasteiger partial charge in [-0.25, -0.2) is 0 Å². The van der Waals surface area contributed by atoms with Crippen LogP contribution in [0.15, 0.2) is 42.7 Å².